The lowest BCUT2D eigenvalue weighted by Crippen LogP contribution is -2.56. The Labute approximate surface area is 189 Å². The molecule has 7 heteroatoms. The van der Waals surface area contributed by atoms with Gasteiger partial charge in [0.2, 0.25) is 0 Å². The van der Waals surface area contributed by atoms with Gasteiger partial charge in [0, 0.05) is 37.1 Å². The molecule has 4 atom stereocenters. The molecule has 4 aliphatic rings. The fraction of sp³-hybridized carbons (Fsp3) is 0.625. The fourth-order valence-electron chi connectivity index (χ4n) is 5.43. The number of ether oxygens (including phenoxy) is 3. The van der Waals surface area contributed by atoms with Crippen molar-refractivity contribution in [2.45, 2.75) is 31.5 Å². The molecule has 4 unspecified atom stereocenters. The van der Waals surface area contributed by atoms with Gasteiger partial charge in [-0.15, -0.1) is 0 Å². The molecular weight excluding hydrogens is 416 g/mol. The number of ketones is 1. The van der Waals surface area contributed by atoms with Crippen molar-refractivity contribution in [3.8, 4) is 0 Å². The van der Waals surface area contributed by atoms with Gasteiger partial charge in [-0.1, -0.05) is 23.7 Å². The lowest BCUT2D eigenvalue weighted by Gasteiger charge is -2.48. The summed E-state index contributed by atoms with van der Waals surface area (Å²) in [6.07, 6.45) is 4.64. The van der Waals surface area contributed by atoms with E-state index in [9.17, 15) is 4.79 Å². The number of benzene rings is 1. The molecule has 1 aromatic carbocycles. The molecule has 1 aromatic rings. The van der Waals surface area contributed by atoms with E-state index in [4.69, 9.17) is 25.8 Å². The highest BCUT2D eigenvalue weighted by atomic mass is 35.5. The maximum Gasteiger partial charge on any atom is 0.173 e. The third-order valence-electron chi connectivity index (χ3n) is 7.15. The summed E-state index contributed by atoms with van der Waals surface area (Å²) in [5, 5.41) is 0.667. The van der Waals surface area contributed by atoms with Crippen LogP contribution in [0.4, 0.5) is 0 Å². The Morgan fingerprint density at radius 2 is 1.81 bits per heavy atom. The Bertz CT molecular complexity index is 808. The van der Waals surface area contributed by atoms with Gasteiger partial charge in [0.15, 0.2) is 5.78 Å². The molecule has 2 saturated heterocycles. The van der Waals surface area contributed by atoms with Crippen LogP contribution < -0.4 is 0 Å². The summed E-state index contributed by atoms with van der Waals surface area (Å²) in [6, 6.07) is 7.41. The Morgan fingerprint density at radius 1 is 1.03 bits per heavy atom. The van der Waals surface area contributed by atoms with Gasteiger partial charge >= 0.3 is 0 Å². The van der Waals surface area contributed by atoms with Gasteiger partial charge < -0.3 is 14.2 Å². The average Bonchev–Trinajstić information content (AvgIpc) is 2.81. The summed E-state index contributed by atoms with van der Waals surface area (Å²) in [4.78, 5) is 18.2. The highest BCUT2D eigenvalue weighted by Gasteiger charge is 2.48. The second kappa shape index (κ2) is 9.59. The zero-order chi connectivity index (χ0) is 21.2. The minimum atomic E-state index is -0.0932. The number of fused-ring (bicyclic) bond motifs is 3. The molecule has 31 heavy (non-hydrogen) atoms. The average molecular weight is 447 g/mol. The lowest BCUT2D eigenvalue weighted by atomic mass is 9.71. The van der Waals surface area contributed by atoms with E-state index in [-0.39, 0.29) is 29.8 Å². The maximum atomic E-state index is 13.3. The van der Waals surface area contributed by atoms with E-state index < -0.39 is 0 Å². The van der Waals surface area contributed by atoms with Crippen LogP contribution in [0.5, 0.6) is 0 Å². The van der Waals surface area contributed by atoms with Gasteiger partial charge in [0.1, 0.15) is 6.10 Å². The SMILES string of the molecule is O=C1C(c2ccc(Cl)cc2)=COC2C1CCC1OCN(CCCN3CCOCC3)CC12. The van der Waals surface area contributed by atoms with Crippen molar-refractivity contribution in [2.75, 3.05) is 52.7 Å². The molecule has 6 nitrogen and oxygen atoms in total. The molecule has 168 valence electrons. The van der Waals surface area contributed by atoms with Crippen LogP contribution in [0.15, 0.2) is 30.5 Å². The third-order valence-corrected chi connectivity index (χ3v) is 7.40. The zero-order valence-electron chi connectivity index (χ0n) is 17.9. The van der Waals surface area contributed by atoms with Crippen molar-refractivity contribution >= 4 is 23.0 Å². The molecule has 1 saturated carbocycles. The Kier molecular flexibility index (Phi) is 6.62. The first-order valence-electron chi connectivity index (χ1n) is 11.5. The first-order chi connectivity index (χ1) is 15.2. The molecular formula is C24H31ClN2O4. The minimum Gasteiger partial charge on any atom is -0.496 e. The van der Waals surface area contributed by atoms with Crippen molar-refractivity contribution < 1.29 is 19.0 Å². The molecule has 0 spiro atoms. The van der Waals surface area contributed by atoms with Gasteiger partial charge in [-0.25, -0.2) is 0 Å². The number of nitrogens with zero attached hydrogens (tertiary/aromatic N) is 2. The molecule has 0 aromatic heterocycles. The van der Waals surface area contributed by atoms with Crippen LogP contribution in [0.25, 0.3) is 5.57 Å². The number of carbonyl (C=O) groups is 1. The van der Waals surface area contributed by atoms with E-state index in [1.807, 2.05) is 24.3 Å². The Hall–Kier alpha value is -1.44. The summed E-state index contributed by atoms with van der Waals surface area (Å²) in [5.41, 5.74) is 1.54. The van der Waals surface area contributed by atoms with Crippen molar-refractivity contribution in [3.63, 3.8) is 0 Å². The van der Waals surface area contributed by atoms with E-state index in [1.54, 1.807) is 6.26 Å². The summed E-state index contributed by atoms with van der Waals surface area (Å²) >= 11 is 6.01. The quantitative estimate of drug-likeness (QED) is 0.693. The van der Waals surface area contributed by atoms with E-state index in [2.05, 4.69) is 9.80 Å². The van der Waals surface area contributed by atoms with Crippen LogP contribution in [0.1, 0.15) is 24.8 Å². The van der Waals surface area contributed by atoms with Gasteiger partial charge in [0.05, 0.1) is 43.8 Å². The van der Waals surface area contributed by atoms with E-state index in [0.29, 0.717) is 17.3 Å². The van der Waals surface area contributed by atoms with E-state index in [1.165, 1.54) is 0 Å². The van der Waals surface area contributed by atoms with Crippen LogP contribution >= 0.6 is 11.6 Å². The predicted octanol–water partition coefficient (Wildman–Crippen LogP) is 3.06. The van der Waals surface area contributed by atoms with Crippen LogP contribution in [0.3, 0.4) is 0 Å². The number of hydrogen-bond acceptors (Lipinski definition) is 6. The highest BCUT2D eigenvalue weighted by molar-refractivity contribution is 6.30. The van der Waals surface area contributed by atoms with Gasteiger partial charge in [-0.2, -0.15) is 0 Å². The predicted molar refractivity (Wildman–Crippen MR) is 119 cm³/mol. The number of Topliss-reactive ketones (excluding diaryl/α,β-unsaturated/α-hetero) is 1. The Balaban J connectivity index is 1.21. The molecule has 0 amide bonds. The zero-order valence-corrected chi connectivity index (χ0v) is 18.6. The van der Waals surface area contributed by atoms with E-state index in [0.717, 1.165) is 70.8 Å². The largest absolute Gasteiger partial charge is 0.496 e. The summed E-state index contributed by atoms with van der Waals surface area (Å²) in [6.45, 7) is 7.48. The van der Waals surface area contributed by atoms with Gasteiger partial charge in [0.25, 0.3) is 0 Å². The Morgan fingerprint density at radius 3 is 2.61 bits per heavy atom. The van der Waals surface area contributed by atoms with Crippen molar-refractivity contribution in [3.05, 3.63) is 41.1 Å². The topological polar surface area (TPSA) is 51.2 Å². The van der Waals surface area contributed by atoms with Crippen LogP contribution in [-0.2, 0) is 19.0 Å². The maximum absolute atomic E-state index is 13.3. The molecule has 0 N–H and O–H groups in total. The summed E-state index contributed by atoms with van der Waals surface area (Å²) in [5.74, 6) is 0.346. The number of halogens is 1. The monoisotopic (exact) mass is 446 g/mol. The number of carbonyl (C=O) groups excluding carboxylic acids is 1. The number of morpholine rings is 1. The van der Waals surface area contributed by atoms with Crippen LogP contribution in [0.2, 0.25) is 5.02 Å². The van der Waals surface area contributed by atoms with Crippen LogP contribution in [0, 0.1) is 11.8 Å². The third kappa shape index (κ3) is 4.69. The number of hydrogen-bond donors (Lipinski definition) is 0. The molecule has 5 rings (SSSR count). The molecule has 0 bridgehead atoms. The smallest absolute Gasteiger partial charge is 0.173 e. The summed E-state index contributed by atoms with van der Waals surface area (Å²) in [7, 11) is 0. The second-order valence-corrected chi connectivity index (χ2v) is 9.51. The van der Waals surface area contributed by atoms with Crippen molar-refractivity contribution in [1.82, 2.24) is 9.80 Å². The van der Waals surface area contributed by atoms with E-state index >= 15 is 0 Å². The standard InChI is InChI=1S/C24H31ClN2O4/c25-18-4-2-17(3-5-18)21-15-30-24-19(23(21)28)6-7-22-20(24)14-27(16-31-22)9-1-8-26-10-12-29-13-11-26/h2-5,15,19-20,22,24H,1,6-14,16H2. The number of allylic oxidation sites excluding steroid dienone is 1. The highest BCUT2D eigenvalue weighted by Crippen LogP contribution is 2.42. The van der Waals surface area contributed by atoms with Crippen molar-refractivity contribution in [2.24, 2.45) is 11.8 Å². The molecule has 0 radical (unpaired) electrons. The van der Waals surface area contributed by atoms with Gasteiger partial charge in [-0.05, 0) is 43.5 Å². The molecule has 3 heterocycles. The first kappa shape index (κ1) is 21.4. The minimum absolute atomic E-state index is 0.0890. The van der Waals surface area contributed by atoms with Crippen molar-refractivity contribution in [1.29, 1.82) is 0 Å². The molecule has 3 aliphatic heterocycles. The van der Waals surface area contributed by atoms with Crippen LogP contribution in [-0.4, -0.2) is 80.5 Å². The fourth-order valence-corrected chi connectivity index (χ4v) is 5.56. The first-order valence-corrected chi connectivity index (χ1v) is 11.9. The van der Waals surface area contributed by atoms with Gasteiger partial charge in [-0.3, -0.25) is 14.6 Å². The lowest BCUT2D eigenvalue weighted by molar-refractivity contribution is -0.170. The normalized spacial score (nSPS) is 32.0. The molecule has 3 fully saturated rings. The summed E-state index contributed by atoms with van der Waals surface area (Å²) < 4.78 is 17.9. The molecule has 1 aliphatic carbocycles. The number of rotatable bonds is 5. The second-order valence-electron chi connectivity index (χ2n) is 9.07.